The van der Waals surface area contributed by atoms with Crippen LogP contribution in [0.4, 0.5) is 0 Å². The molecule has 0 aliphatic carbocycles. The largest absolute Gasteiger partial charge is 0.380 e. The van der Waals surface area contributed by atoms with E-state index in [1.807, 2.05) is 0 Å². The maximum absolute atomic E-state index is 11.1. The highest BCUT2D eigenvalue weighted by molar-refractivity contribution is 8.13. The number of rotatable bonds is 5. The van der Waals surface area contributed by atoms with Crippen molar-refractivity contribution in [2.45, 2.75) is 39.2 Å². The smallest absolute Gasteiger partial charge is 0.185 e. The third-order valence-electron chi connectivity index (χ3n) is 2.76. The molecule has 1 N–H and O–H groups in total. The van der Waals surface area contributed by atoms with Gasteiger partial charge in [-0.15, -0.1) is 0 Å². The molecule has 1 atom stereocenters. The van der Waals surface area contributed by atoms with Crippen LogP contribution in [0.1, 0.15) is 33.6 Å². The van der Waals surface area contributed by atoms with Gasteiger partial charge in [0.05, 0.1) is 12.1 Å². The molecule has 1 fully saturated rings. The predicted octanol–water partition coefficient (Wildman–Crippen LogP) is 2.06. The molecule has 4 heteroatoms. The number of ether oxygens (including phenoxy) is 1. The molecule has 0 radical (unpaired) electrons. The van der Waals surface area contributed by atoms with Gasteiger partial charge in [-0.3, -0.25) is 4.79 Å². The Labute approximate surface area is 103 Å². The van der Waals surface area contributed by atoms with Crippen molar-refractivity contribution >= 4 is 16.9 Å². The summed E-state index contributed by atoms with van der Waals surface area (Å²) in [5, 5.41) is 3.78. The lowest BCUT2D eigenvalue weighted by Crippen LogP contribution is -2.54. The molecular weight excluding hydrogens is 222 g/mol. The highest BCUT2D eigenvalue weighted by Gasteiger charge is 2.32. The Morgan fingerprint density at radius 1 is 1.56 bits per heavy atom. The third-order valence-corrected chi connectivity index (χ3v) is 3.86. The molecule has 0 aromatic rings. The van der Waals surface area contributed by atoms with E-state index in [0.29, 0.717) is 5.92 Å². The van der Waals surface area contributed by atoms with Crippen molar-refractivity contribution in [2.75, 3.05) is 25.5 Å². The minimum atomic E-state index is 0.0128. The van der Waals surface area contributed by atoms with Gasteiger partial charge in [0, 0.05) is 19.3 Å². The maximum atomic E-state index is 11.1. The fraction of sp³-hybridized carbons (Fsp3) is 0.917. The Hall–Kier alpha value is -0.0600. The first-order chi connectivity index (χ1) is 7.54. The van der Waals surface area contributed by atoms with E-state index >= 15 is 0 Å². The highest BCUT2D eigenvalue weighted by Crippen LogP contribution is 2.24. The average Bonchev–Trinajstić information content (AvgIpc) is 2.25. The number of hydrogen-bond donors (Lipinski definition) is 1. The van der Waals surface area contributed by atoms with Crippen molar-refractivity contribution in [1.82, 2.24) is 5.32 Å². The molecule has 3 nitrogen and oxygen atoms in total. The summed E-state index contributed by atoms with van der Waals surface area (Å²) in [5.74, 6) is 1.45. The summed E-state index contributed by atoms with van der Waals surface area (Å²) >= 11 is 1.41. The summed E-state index contributed by atoms with van der Waals surface area (Å²) < 4.78 is 5.56. The molecule has 0 saturated carbocycles. The normalized spacial score (nSPS) is 26.0. The van der Waals surface area contributed by atoms with E-state index in [9.17, 15) is 4.79 Å². The zero-order valence-electron chi connectivity index (χ0n) is 10.5. The second-order valence-corrected chi connectivity index (χ2v) is 6.14. The highest BCUT2D eigenvalue weighted by atomic mass is 32.2. The molecule has 1 aliphatic rings. The molecular formula is C12H23NO2S. The van der Waals surface area contributed by atoms with E-state index in [4.69, 9.17) is 4.74 Å². The van der Waals surface area contributed by atoms with E-state index in [-0.39, 0.29) is 10.7 Å². The Morgan fingerprint density at radius 2 is 2.31 bits per heavy atom. The number of thioether (sulfide) groups is 1. The van der Waals surface area contributed by atoms with Crippen LogP contribution < -0.4 is 5.32 Å². The molecule has 1 unspecified atom stereocenters. The lowest BCUT2D eigenvalue weighted by Gasteiger charge is -2.38. The van der Waals surface area contributed by atoms with Gasteiger partial charge in [-0.1, -0.05) is 25.6 Å². The first-order valence-electron chi connectivity index (χ1n) is 6.00. The van der Waals surface area contributed by atoms with Crippen LogP contribution in [0.5, 0.6) is 0 Å². The Balaban J connectivity index is 2.49. The van der Waals surface area contributed by atoms with Crippen molar-refractivity contribution < 1.29 is 9.53 Å². The van der Waals surface area contributed by atoms with E-state index in [2.05, 4.69) is 19.2 Å². The first kappa shape index (κ1) is 14.0. The van der Waals surface area contributed by atoms with Crippen LogP contribution >= 0.6 is 11.8 Å². The van der Waals surface area contributed by atoms with Crippen molar-refractivity contribution in [3.63, 3.8) is 0 Å². The number of hydrogen-bond acceptors (Lipinski definition) is 4. The quantitative estimate of drug-likeness (QED) is 0.804. The fourth-order valence-electron chi connectivity index (χ4n) is 1.82. The van der Waals surface area contributed by atoms with Crippen molar-refractivity contribution in [3.05, 3.63) is 0 Å². The molecule has 0 aromatic heterocycles. The zero-order chi connectivity index (χ0) is 12.0. The maximum Gasteiger partial charge on any atom is 0.185 e. The average molecular weight is 245 g/mol. The molecule has 1 saturated heterocycles. The third kappa shape index (κ3) is 4.85. The van der Waals surface area contributed by atoms with Gasteiger partial charge in [-0.25, -0.2) is 0 Å². The van der Waals surface area contributed by atoms with Gasteiger partial charge in [0.25, 0.3) is 0 Å². The van der Waals surface area contributed by atoms with Gasteiger partial charge in [0.1, 0.15) is 0 Å². The molecule has 0 bridgehead atoms. The summed E-state index contributed by atoms with van der Waals surface area (Å²) in [6.07, 6.45) is 2.20. The van der Waals surface area contributed by atoms with Crippen molar-refractivity contribution in [1.29, 1.82) is 0 Å². The summed E-state index contributed by atoms with van der Waals surface area (Å²) in [7, 11) is 0. The fourth-order valence-corrected chi connectivity index (χ4v) is 2.63. The van der Waals surface area contributed by atoms with Crippen LogP contribution in [0.3, 0.4) is 0 Å². The number of carbonyl (C=O) groups is 1. The van der Waals surface area contributed by atoms with Crippen LogP contribution in [0.15, 0.2) is 0 Å². The lowest BCUT2D eigenvalue weighted by atomic mass is 9.94. The minimum Gasteiger partial charge on any atom is -0.380 e. The molecule has 0 amide bonds. The summed E-state index contributed by atoms with van der Waals surface area (Å²) in [4.78, 5) is 11.1. The standard InChI is InChI=1S/C12H23NO2S/c1-10(2)7-13-12(9-16-11(3)14)5-4-6-15-8-12/h10,13H,4-9H2,1-3H3. The summed E-state index contributed by atoms with van der Waals surface area (Å²) in [5.41, 5.74) is 0.0128. The van der Waals surface area contributed by atoms with E-state index in [0.717, 1.165) is 38.4 Å². The second kappa shape index (κ2) is 6.62. The van der Waals surface area contributed by atoms with E-state index < -0.39 is 0 Å². The molecule has 16 heavy (non-hydrogen) atoms. The number of carbonyl (C=O) groups excluding carboxylic acids is 1. The minimum absolute atomic E-state index is 0.0128. The van der Waals surface area contributed by atoms with Crippen LogP contribution in [-0.4, -0.2) is 36.2 Å². The molecule has 1 aliphatic heterocycles. The molecule has 0 aromatic carbocycles. The molecule has 1 heterocycles. The second-order valence-electron chi connectivity index (χ2n) is 4.99. The summed E-state index contributed by atoms with van der Waals surface area (Å²) in [6, 6.07) is 0. The van der Waals surface area contributed by atoms with Gasteiger partial charge in [-0.2, -0.15) is 0 Å². The number of nitrogens with one attached hydrogen (secondary N) is 1. The monoisotopic (exact) mass is 245 g/mol. The SMILES string of the molecule is CC(=O)SCC1(NCC(C)C)CCCOC1. The van der Waals surface area contributed by atoms with Crippen molar-refractivity contribution in [2.24, 2.45) is 5.92 Å². The Kier molecular flexibility index (Phi) is 5.79. The van der Waals surface area contributed by atoms with Crippen LogP contribution in [0.25, 0.3) is 0 Å². The van der Waals surface area contributed by atoms with Crippen LogP contribution in [0.2, 0.25) is 0 Å². The molecule has 1 rings (SSSR count). The van der Waals surface area contributed by atoms with Crippen molar-refractivity contribution in [3.8, 4) is 0 Å². The van der Waals surface area contributed by atoms with E-state index in [1.165, 1.54) is 11.8 Å². The van der Waals surface area contributed by atoms with Crippen LogP contribution in [0, 0.1) is 5.92 Å². The predicted molar refractivity (Wildman–Crippen MR) is 68.8 cm³/mol. The molecule has 0 spiro atoms. The Bertz CT molecular complexity index is 225. The first-order valence-corrected chi connectivity index (χ1v) is 6.99. The van der Waals surface area contributed by atoms with Gasteiger partial charge in [0.2, 0.25) is 0 Å². The summed E-state index contributed by atoms with van der Waals surface area (Å²) in [6.45, 7) is 8.60. The zero-order valence-corrected chi connectivity index (χ0v) is 11.4. The van der Waals surface area contributed by atoms with Gasteiger partial charge in [0.15, 0.2) is 5.12 Å². The van der Waals surface area contributed by atoms with Crippen LogP contribution in [-0.2, 0) is 9.53 Å². The van der Waals surface area contributed by atoms with E-state index in [1.54, 1.807) is 6.92 Å². The van der Waals surface area contributed by atoms with Gasteiger partial charge < -0.3 is 10.1 Å². The van der Waals surface area contributed by atoms with Gasteiger partial charge >= 0.3 is 0 Å². The Morgan fingerprint density at radius 3 is 2.81 bits per heavy atom. The lowest BCUT2D eigenvalue weighted by molar-refractivity contribution is -0.109. The molecule has 94 valence electrons. The van der Waals surface area contributed by atoms with Gasteiger partial charge in [-0.05, 0) is 25.3 Å². The topological polar surface area (TPSA) is 38.3 Å².